The summed E-state index contributed by atoms with van der Waals surface area (Å²) >= 11 is 0. The number of rotatable bonds is 2. The van der Waals surface area contributed by atoms with Crippen LogP contribution >= 0.6 is 12.4 Å². The number of carbonyl (C=O) groups excluding carboxylic acids is 1. The Labute approximate surface area is 133 Å². The summed E-state index contributed by atoms with van der Waals surface area (Å²) in [6, 6.07) is 8.95. The Hall–Kier alpha value is -1.06. The number of nitrogens with one attached hydrogen (secondary N) is 1. The van der Waals surface area contributed by atoms with Crippen LogP contribution in [0.2, 0.25) is 0 Å². The second kappa shape index (κ2) is 7.28. The zero-order valence-corrected chi connectivity index (χ0v) is 13.5. The van der Waals surface area contributed by atoms with Crippen molar-refractivity contribution in [1.29, 1.82) is 0 Å². The Kier molecular flexibility index (Phi) is 5.65. The van der Waals surface area contributed by atoms with E-state index in [9.17, 15) is 4.79 Å². The first-order valence-electron chi connectivity index (χ1n) is 7.83. The molecule has 3 nitrogen and oxygen atoms in total. The molecule has 2 unspecified atom stereocenters. The van der Waals surface area contributed by atoms with Crippen LogP contribution in [0.25, 0.3) is 0 Å². The Morgan fingerprint density at radius 3 is 2.86 bits per heavy atom. The number of hydrogen-bond acceptors (Lipinski definition) is 2. The largest absolute Gasteiger partial charge is 0.341 e. The van der Waals surface area contributed by atoms with Crippen molar-refractivity contribution in [2.24, 2.45) is 0 Å². The van der Waals surface area contributed by atoms with E-state index >= 15 is 0 Å². The van der Waals surface area contributed by atoms with Crippen LogP contribution in [0, 0.1) is 0 Å². The van der Waals surface area contributed by atoms with Crippen LogP contribution in [-0.2, 0) is 11.2 Å². The Morgan fingerprint density at radius 2 is 2.05 bits per heavy atom. The second-order valence-electron chi connectivity index (χ2n) is 6.06. The van der Waals surface area contributed by atoms with Gasteiger partial charge in [-0.2, -0.15) is 0 Å². The van der Waals surface area contributed by atoms with E-state index in [0.29, 0.717) is 11.9 Å². The summed E-state index contributed by atoms with van der Waals surface area (Å²) in [6.45, 7) is 1.80. The van der Waals surface area contributed by atoms with Gasteiger partial charge >= 0.3 is 0 Å². The van der Waals surface area contributed by atoms with E-state index in [1.165, 1.54) is 17.5 Å². The van der Waals surface area contributed by atoms with Crippen molar-refractivity contribution in [2.45, 2.75) is 44.1 Å². The van der Waals surface area contributed by atoms with Gasteiger partial charge < -0.3 is 10.2 Å². The van der Waals surface area contributed by atoms with Gasteiger partial charge in [0, 0.05) is 19.1 Å². The molecule has 1 aliphatic carbocycles. The monoisotopic (exact) mass is 308 g/mol. The summed E-state index contributed by atoms with van der Waals surface area (Å²) in [5, 5.41) is 3.32. The summed E-state index contributed by atoms with van der Waals surface area (Å²) in [7, 11) is 1.99. The van der Waals surface area contributed by atoms with Crippen molar-refractivity contribution in [3.8, 4) is 0 Å². The third-order valence-electron chi connectivity index (χ3n) is 4.81. The fourth-order valence-corrected chi connectivity index (χ4v) is 3.64. The highest BCUT2D eigenvalue weighted by molar-refractivity contribution is 5.85. The van der Waals surface area contributed by atoms with E-state index in [1.807, 2.05) is 7.05 Å². The third kappa shape index (κ3) is 3.41. The Balaban J connectivity index is 0.00000161. The molecule has 0 bridgehead atoms. The first-order chi connectivity index (χ1) is 9.79. The van der Waals surface area contributed by atoms with Crippen LogP contribution in [0.15, 0.2) is 24.3 Å². The SMILES string of the molecule is CNC1CCCN(C(=O)C2CCCc3ccccc32)C1.Cl. The molecule has 1 aromatic carbocycles. The standard InChI is InChI=1S/C17H24N2O.ClH/c1-18-14-8-5-11-19(12-14)17(20)16-10-4-7-13-6-2-3-9-15(13)16;/h2-3,6,9,14,16,18H,4-5,7-8,10-12H2,1H3;1H. The van der Waals surface area contributed by atoms with Crippen molar-refractivity contribution < 1.29 is 4.79 Å². The lowest BCUT2D eigenvalue weighted by molar-refractivity contribution is -0.134. The van der Waals surface area contributed by atoms with Crippen molar-refractivity contribution in [2.75, 3.05) is 20.1 Å². The molecule has 0 saturated carbocycles. The molecular weight excluding hydrogens is 284 g/mol. The van der Waals surface area contributed by atoms with Gasteiger partial charge in [0.1, 0.15) is 0 Å². The molecule has 0 spiro atoms. The summed E-state index contributed by atoms with van der Waals surface area (Å²) in [5.41, 5.74) is 2.65. The smallest absolute Gasteiger partial charge is 0.230 e. The normalized spacial score (nSPS) is 24.9. The molecule has 2 aliphatic rings. The van der Waals surface area contributed by atoms with Crippen LogP contribution in [0.3, 0.4) is 0 Å². The molecule has 1 fully saturated rings. The summed E-state index contributed by atoms with van der Waals surface area (Å²) < 4.78 is 0. The first-order valence-corrected chi connectivity index (χ1v) is 7.83. The van der Waals surface area contributed by atoms with Crippen LogP contribution in [0.5, 0.6) is 0 Å². The molecule has 0 radical (unpaired) electrons. The van der Waals surface area contributed by atoms with Crippen LogP contribution in [0.1, 0.15) is 42.7 Å². The first kappa shape index (κ1) is 16.3. The van der Waals surface area contributed by atoms with Gasteiger partial charge in [0.2, 0.25) is 5.91 Å². The van der Waals surface area contributed by atoms with E-state index in [-0.39, 0.29) is 18.3 Å². The number of fused-ring (bicyclic) bond motifs is 1. The number of aryl methyl sites for hydroxylation is 1. The topological polar surface area (TPSA) is 32.3 Å². The van der Waals surface area contributed by atoms with Gasteiger partial charge in [0.15, 0.2) is 0 Å². The van der Waals surface area contributed by atoms with Crippen LogP contribution < -0.4 is 5.32 Å². The van der Waals surface area contributed by atoms with Gasteiger partial charge in [-0.25, -0.2) is 0 Å². The molecule has 21 heavy (non-hydrogen) atoms. The highest BCUT2D eigenvalue weighted by atomic mass is 35.5. The fraction of sp³-hybridized carbons (Fsp3) is 0.588. The Bertz CT molecular complexity index is 491. The van der Waals surface area contributed by atoms with E-state index in [0.717, 1.165) is 38.8 Å². The molecule has 2 atom stereocenters. The average molecular weight is 309 g/mol. The predicted molar refractivity (Wildman–Crippen MR) is 88.0 cm³/mol. The van der Waals surface area contributed by atoms with Crippen molar-refractivity contribution in [3.63, 3.8) is 0 Å². The molecule has 1 aromatic rings. The molecule has 1 heterocycles. The molecule has 1 N–H and O–H groups in total. The number of likely N-dealkylation sites (tertiary alicyclic amines) is 1. The molecule has 3 rings (SSSR count). The van der Waals surface area contributed by atoms with E-state index in [4.69, 9.17) is 0 Å². The highest BCUT2D eigenvalue weighted by Crippen LogP contribution is 2.33. The lowest BCUT2D eigenvalue weighted by Crippen LogP contribution is -2.48. The number of hydrogen-bond donors (Lipinski definition) is 1. The second-order valence-corrected chi connectivity index (χ2v) is 6.06. The maximum atomic E-state index is 12.9. The zero-order valence-electron chi connectivity index (χ0n) is 12.7. The predicted octanol–water partition coefficient (Wildman–Crippen LogP) is 2.74. The van der Waals surface area contributed by atoms with E-state index < -0.39 is 0 Å². The fourth-order valence-electron chi connectivity index (χ4n) is 3.64. The quantitative estimate of drug-likeness (QED) is 0.911. The van der Waals surface area contributed by atoms with Crippen molar-refractivity contribution in [1.82, 2.24) is 10.2 Å². The van der Waals surface area contributed by atoms with Gasteiger partial charge in [-0.15, -0.1) is 12.4 Å². The van der Waals surface area contributed by atoms with Gasteiger partial charge in [-0.3, -0.25) is 4.79 Å². The Morgan fingerprint density at radius 1 is 1.24 bits per heavy atom. The van der Waals surface area contributed by atoms with Crippen LogP contribution in [0.4, 0.5) is 0 Å². The molecule has 1 aliphatic heterocycles. The minimum absolute atomic E-state index is 0. The molecule has 0 aromatic heterocycles. The molecule has 1 saturated heterocycles. The number of nitrogens with zero attached hydrogens (tertiary/aromatic N) is 1. The van der Waals surface area contributed by atoms with Gasteiger partial charge in [0.05, 0.1) is 5.92 Å². The lowest BCUT2D eigenvalue weighted by Gasteiger charge is -2.36. The number of likely N-dealkylation sites (N-methyl/N-ethyl adjacent to an activating group) is 1. The number of halogens is 1. The molecule has 1 amide bonds. The average Bonchev–Trinajstić information content (AvgIpc) is 2.53. The minimum atomic E-state index is 0. The molecular formula is C17H25ClN2O. The number of benzene rings is 1. The minimum Gasteiger partial charge on any atom is -0.341 e. The summed E-state index contributed by atoms with van der Waals surface area (Å²) in [4.78, 5) is 15.0. The lowest BCUT2D eigenvalue weighted by atomic mass is 9.82. The molecule has 4 heteroatoms. The number of piperidine rings is 1. The van der Waals surface area contributed by atoms with Crippen LogP contribution in [-0.4, -0.2) is 37.0 Å². The van der Waals surface area contributed by atoms with Crippen molar-refractivity contribution in [3.05, 3.63) is 35.4 Å². The summed E-state index contributed by atoms with van der Waals surface area (Å²) in [6.07, 6.45) is 5.57. The summed E-state index contributed by atoms with van der Waals surface area (Å²) in [5.74, 6) is 0.438. The van der Waals surface area contributed by atoms with Gasteiger partial charge in [-0.1, -0.05) is 24.3 Å². The number of amides is 1. The van der Waals surface area contributed by atoms with Crippen molar-refractivity contribution >= 4 is 18.3 Å². The van der Waals surface area contributed by atoms with Gasteiger partial charge in [0.25, 0.3) is 0 Å². The highest BCUT2D eigenvalue weighted by Gasteiger charge is 2.31. The van der Waals surface area contributed by atoms with E-state index in [2.05, 4.69) is 34.5 Å². The maximum Gasteiger partial charge on any atom is 0.230 e. The van der Waals surface area contributed by atoms with E-state index in [1.54, 1.807) is 0 Å². The maximum absolute atomic E-state index is 12.9. The number of carbonyl (C=O) groups is 1. The third-order valence-corrected chi connectivity index (χ3v) is 4.81. The molecule has 116 valence electrons. The van der Waals surface area contributed by atoms with Gasteiger partial charge in [-0.05, 0) is 50.3 Å². The zero-order chi connectivity index (χ0) is 13.9.